The zero-order valence-electron chi connectivity index (χ0n) is 7.87. The molecule has 1 N–H and O–H groups in total. The maximum Gasteiger partial charge on any atom is 0.381 e. The van der Waals surface area contributed by atoms with Crippen LogP contribution in [0, 0.1) is 11.8 Å². The molecule has 0 bridgehead atoms. The summed E-state index contributed by atoms with van der Waals surface area (Å²) in [5.74, 6) is 3.34. The van der Waals surface area contributed by atoms with Crippen LogP contribution in [0.2, 0.25) is 0 Å². The van der Waals surface area contributed by atoms with Gasteiger partial charge >= 0.3 is 5.97 Å². The van der Waals surface area contributed by atoms with Crippen molar-refractivity contribution < 1.29 is 19.4 Å². The van der Waals surface area contributed by atoms with Crippen molar-refractivity contribution in [3.8, 4) is 11.8 Å². The fraction of sp³-hybridized carbons (Fsp3) is 0.667. The highest BCUT2D eigenvalue weighted by molar-refractivity contribution is 5.86. The fourth-order valence-corrected chi connectivity index (χ4v) is 0.697. The maximum atomic E-state index is 9.96. The number of aliphatic carboxylic acids is 1. The van der Waals surface area contributed by atoms with Gasteiger partial charge in [0.25, 0.3) is 0 Å². The third-order valence-corrected chi connectivity index (χ3v) is 1.18. The second-order valence-electron chi connectivity index (χ2n) is 2.25. The van der Waals surface area contributed by atoms with Crippen LogP contribution in [0.4, 0.5) is 0 Å². The second-order valence-corrected chi connectivity index (χ2v) is 2.25. The summed E-state index contributed by atoms with van der Waals surface area (Å²) < 4.78 is 10.2. The van der Waals surface area contributed by atoms with Crippen LogP contribution in [0.1, 0.15) is 20.3 Å². The molecule has 0 heterocycles. The van der Waals surface area contributed by atoms with E-state index in [0.29, 0.717) is 19.6 Å². The molecule has 4 nitrogen and oxygen atoms in total. The molecule has 0 saturated heterocycles. The van der Waals surface area contributed by atoms with E-state index >= 15 is 0 Å². The largest absolute Gasteiger partial charge is 0.472 e. The van der Waals surface area contributed by atoms with Gasteiger partial charge in [-0.1, -0.05) is 5.92 Å². The molecule has 0 aliphatic heterocycles. The number of carboxylic acids is 1. The molecule has 0 saturated carbocycles. The summed E-state index contributed by atoms with van der Waals surface area (Å²) in [6.45, 7) is 4.65. The molecular weight excluding hydrogens is 172 g/mol. The first-order valence-electron chi connectivity index (χ1n) is 4.11. The molecule has 0 aromatic heterocycles. The van der Waals surface area contributed by atoms with E-state index in [0.717, 1.165) is 0 Å². The predicted molar refractivity (Wildman–Crippen MR) is 47.1 cm³/mol. The van der Waals surface area contributed by atoms with Crippen LogP contribution in [-0.4, -0.2) is 30.6 Å². The van der Waals surface area contributed by atoms with Gasteiger partial charge in [0.05, 0.1) is 6.61 Å². The summed E-state index contributed by atoms with van der Waals surface area (Å²) in [6, 6.07) is 0. The zero-order chi connectivity index (χ0) is 10.1. The molecule has 0 aliphatic rings. The van der Waals surface area contributed by atoms with Crippen molar-refractivity contribution in [1.29, 1.82) is 0 Å². The Kier molecular flexibility index (Phi) is 6.98. The molecule has 13 heavy (non-hydrogen) atoms. The second kappa shape index (κ2) is 7.59. The van der Waals surface area contributed by atoms with Gasteiger partial charge in [0.1, 0.15) is 0 Å². The highest BCUT2D eigenvalue weighted by Crippen LogP contribution is 1.93. The van der Waals surface area contributed by atoms with E-state index in [9.17, 15) is 4.79 Å². The Morgan fingerprint density at radius 1 is 1.54 bits per heavy atom. The van der Waals surface area contributed by atoms with Crippen molar-refractivity contribution in [3.05, 3.63) is 0 Å². The summed E-state index contributed by atoms with van der Waals surface area (Å²) in [5.41, 5.74) is 0. The van der Waals surface area contributed by atoms with E-state index in [4.69, 9.17) is 14.6 Å². The molecule has 4 heteroatoms. The Morgan fingerprint density at radius 2 is 2.23 bits per heavy atom. The number of hydrogen-bond acceptors (Lipinski definition) is 3. The quantitative estimate of drug-likeness (QED) is 0.393. The minimum atomic E-state index is -1.11. The van der Waals surface area contributed by atoms with Crippen LogP contribution in [0.15, 0.2) is 0 Å². The Balaban J connectivity index is 3.36. The van der Waals surface area contributed by atoms with E-state index in [-0.39, 0.29) is 6.29 Å². The summed E-state index contributed by atoms with van der Waals surface area (Å²) in [7, 11) is 0. The van der Waals surface area contributed by atoms with E-state index in [1.165, 1.54) is 0 Å². The average molecular weight is 186 g/mol. The van der Waals surface area contributed by atoms with Crippen molar-refractivity contribution in [2.24, 2.45) is 0 Å². The lowest BCUT2D eigenvalue weighted by Crippen LogP contribution is -2.13. The first-order chi connectivity index (χ1) is 6.16. The van der Waals surface area contributed by atoms with Gasteiger partial charge in [-0.25, -0.2) is 4.79 Å². The SMILES string of the molecule is CCOC(C)OCCC#CC(=O)O. The molecule has 0 amide bonds. The topological polar surface area (TPSA) is 55.8 Å². The third kappa shape index (κ3) is 8.86. The summed E-state index contributed by atoms with van der Waals surface area (Å²) >= 11 is 0. The van der Waals surface area contributed by atoms with Crippen LogP contribution in [0.5, 0.6) is 0 Å². The highest BCUT2D eigenvalue weighted by atomic mass is 16.7. The molecular formula is C9H14O4. The number of carbonyl (C=O) groups is 1. The van der Waals surface area contributed by atoms with Crippen LogP contribution in [0.3, 0.4) is 0 Å². The normalized spacial score (nSPS) is 11.5. The standard InChI is InChI=1S/C9H14O4/c1-3-12-8(2)13-7-5-4-6-9(10)11/h8H,3,5,7H2,1-2H3,(H,10,11). The Hall–Kier alpha value is -1.05. The number of carboxylic acid groups (broad SMARTS) is 1. The molecule has 74 valence electrons. The van der Waals surface area contributed by atoms with Crippen LogP contribution in [-0.2, 0) is 14.3 Å². The first-order valence-corrected chi connectivity index (χ1v) is 4.11. The molecule has 0 spiro atoms. The van der Waals surface area contributed by atoms with Crippen molar-refractivity contribution in [1.82, 2.24) is 0 Å². The molecule has 1 unspecified atom stereocenters. The zero-order valence-corrected chi connectivity index (χ0v) is 7.87. The smallest absolute Gasteiger partial charge is 0.381 e. The molecule has 0 rings (SSSR count). The third-order valence-electron chi connectivity index (χ3n) is 1.18. The lowest BCUT2D eigenvalue weighted by Gasteiger charge is -2.10. The maximum absolute atomic E-state index is 9.96. The average Bonchev–Trinajstić information content (AvgIpc) is 2.03. The van der Waals surface area contributed by atoms with Crippen molar-refractivity contribution in [2.75, 3.05) is 13.2 Å². The van der Waals surface area contributed by atoms with Gasteiger partial charge in [-0.05, 0) is 13.8 Å². The van der Waals surface area contributed by atoms with Gasteiger partial charge < -0.3 is 14.6 Å². The molecule has 0 aromatic carbocycles. The van der Waals surface area contributed by atoms with Gasteiger partial charge in [-0.3, -0.25) is 0 Å². The van der Waals surface area contributed by atoms with E-state index in [1.54, 1.807) is 6.92 Å². The minimum Gasteiger partial charge on any atom is -0.472 e. The van der Waals surface area contributed by atoms with Crippen molar-refractivity contribution in [3.63, 3.8) is 0 Å². The van der Waals surface area contributed by atoms with E-state index < -0.39 is 5.97 Å². The lowest BCUT2D eigenvalue weighted by atomic mass is 10.4. The van der Waals surface area contributed by atoms with Gasteiger partial charge in [-0.15, -0.1) is 0 Å². The summed E-state index contributed by atoms with van der Waals surface area (Å²) in [6.07, 6.45) is 0.153. The van der Waals surface area contributed by atoms with Gasteiger partial charge in [0.15, 0.2) is 6.29 Å². The Morgan fingerprint density at radius 3 is 2.77 bits per heavy atom. The van der Waals surface area contributed by atoms with E-state index in [2.05, 4.69) is 5.92 Å². The number of ether oxygens (including phenoxy) is 2. The van der Waals surface area contributed by atoms with E-state index in [1.807, 2.05) is 12.8 Å². The minimum absolute atomic E-state index is 0.253. The summed E-state index contributed by atoms with van der Waals surface area (Å²) in [4.78, 5) is 9.96. The monoisotopic (exact) mass is 186 g/mol. The lowest BCUT2D eigenvalue weighted by molar-refractivity contribution is -0.130. The molecule has 0 fully saturated rings. The van der Waals surface area contributed by atoms with Crippen LogP contribution < -0.4 is 0 Å². The van der Waals surface area contributed by atoms with Gasteiger partial charge in [0, 0.05) is 18.9 Å². The Bertz CT molecular complexity index is 201. The van der Waals surface area contributed by atoms with Crippen molar-refractivity contribution >= 4 is 5.97 Å². The summed E-state index contributed by atoms with van der Waals surface area (Å²) in [5, 5.41) is 8.17. The van der Waals surface area contributed by atoms with Crippen LogP contribution in [0.25, 0.3) is 0 Å². The number of rotatable bonds is 5. The van der Waals surface area contributed by atoms with Crippen LogP contribution >= 0.6 is 0 Å². The molecule has 1 atom stereocenters. The first kappa shape index (κ1) is 11.9. The molecule has 0 radical (unpaired) electrons. The predicted octanol–water partition coefficient (Wildman–Crippen LogP) is 0.864. The van der Waals surface area contributed by atoms with Crippen molar-refractivity contribution in [2.45, 2.75) is 26.6 Å². The van der Waals surface area contributed by atoms with Gasteiger partial charge in [-0.2, -0.15) is 0 Å². The fourth-order valence-electron chi connectivity index (χ4n) is 0.697. The Labute approximate surface area is 77.8 Å². The highest BCUT2D eigenvalue weighted by Gasteiger charge is 1.97. The molecule has 0 aliphatic carbocycles. The molecule has 0 aromatic rings. The van der Waals surface area contributed by atoms with Gasteiger partial charge in [0.2, 0.25) is 0 Å². The number of hydrogen-bond donors (Lipinski definition) is 1.